The van der Waals surface area contributed by atoms with Gasteiger partial charge in [0, 0.05) is 10.6 Å². The lowest BCUT2D eigenvalue weighted by Crippen LogP contribution is -1.93. The molecular formula is C9H7ClN2O2. The van der Waals surface area contributed by atoms with Crippen molar-refractivity contribution in [1.82, 2.24) is 10.2 Å². The maximum atomic E-state index is 10.7. The minimum absolute atomic E-state index is 0.251. The van der Waals surface area contributed by atoms with Crippen LogP contribution in [0, 0.1) is 6.92 Å². The van der Waals surface area contributed by atoms with Crippen LogP contribution in [0.25, 0.3) is 11.5 Å². The molecule has 0 saturated heterocycles. The molecule has 14 heavy (non-hydrogen) atoms. The smallest absolute Gasteiger partial charge is 0.388 e. The van der Waals surface area contributed by atoms with Gasteiger partial charge in [0.1, 0.15) is 0 Å². The Hall–Kier alpha value is -1.55. The van der Waals surface area contributed by atoms with E-state index in [2.05, 4.69) is 10.2 Å². The van der Waals surface area contributed by atoms with Crippen LogP contribution in [0.1, 0.15) is 5.56 Å². The lowest BCUT2D eigenvalue weighted by Gasteiger charge is -1.98. The van der Waals surface area contributed by atoms with E-state index in [4.69, 9.17) is 16.0 Å². The molecule has 1 aromatic carbocycles. The van der Waals surface area contributed by atoms with Crippen molar-refractivity contribution in [2.24, 2.45) is 0 Å². The fourth-order valence-corrected chi connectivity index (χ4v) is 1.50. The average molecular weight is 211 g/mol. The average Bonchev–Trinajstić information content (AvgIpc) is 2.50. The largest absolute Gasteiger partial charge is 0.434 e. The first kappa shape index (κ1) is 9.02. The molecule has 5 heteroatoms. The number of hydrogen-bond acceptors (Lipinski definition) is 3. The fraction of sp³-hybridized carbons (Fsp3) is 0.111. The number of aryl methyl sites for hydroxylation is 1. The van der Waals surface area contributed by atoms with Gasteiger partial charge in [-0.1, -0.05) is 11.6 Å². The second-order valence-electron chi connectivity index (χ2n) is 2.94. The Bertz CT molecular complexity index is 495. The lowest BCUT2D eigenvalue weighted by molar-refractivity contribution is 0.527. The van der Waals surface area contributed by atoms with Gasteiger partial charge in [-0.05, 0) is 30.7 Å². The van der Waals surface area contributed by atoms with Crippen molar-refractivity contribution in [3.63, 3.8) is 0 Å². The van der Waals surface area contributed by atoms with Crippen molar-refractivity contribution in [3.8, 4) is 11.5 Å². The number of H-pyrrole nitrogens is 1. The van der Waals surface area contributed by atoms with E-state index >= 15 is 0 Å². The minimum Gasteiger partial charge on any atom is -0.388 e. The summed E-state index contributed by atoms with van der Waals surface area (Å²) in [5.41, 5.74) is 1.67. The number of rotatable bonds is 1. The topological polar surface area (TPSA) is 58.9 Å². The van der Waals surface area contributed by atoms with Gasteiger partial charge in [0.25, 0.3) is 0 Å². The third kappa shape index (κ3) is 1.70. The maximum absolute atomic E-state index is 10.7. The predicted octanol–water partition coefficient (Wildman–Crippen LogP) is 1.99. The number of halogens is 1. The standard InChI is InChI=1S/C9H7ClN2O2/c1-5-2-6(4-7(10)3-5)8-11-12-9(13)14-8/h2-4H,1H3,(H,12,13). The molecule has 2 rings (SSSR count). The highest BCUT2D eigenvalue weighted by Gasteiger charge is 2.06. The van der Waals surface area contributed by atoms with Gasteiger partial charge in [0.05, 0.1) is 0 Å². The highest BCUT2D eigenvalue weighted by atomic mass is 35.5. The molecule has 0 aliphatic heterocycles. The Morgan fingerprint density at radius 2 is 2.21 bits per heavy atom. The van der Waals surface area contributed by atoms with Crippen LogP contribution in [0.4, 0.5) is 0 Å². The summed E-state index contributed by atoms with van der Waals surface area (Å²) in [6, 6.07) is 5.34. The summed E-state index contributed by atoms with van der Waals surface area (Å²) < 4.78 is 4.80. The normalized spacial score (nSPS) is 10.4. The highest BCUT2D eigenvalue weighted by Crippen LogP contribution is 2.21. The van der Waals surface area contributed by atoms with Crippen molar-refractivity contribution < 1.29 is 4.42 Å². The van der Waals surface area contributed by atoms with E-state index in [0.29, 0.717) is 10.6 Å². The number of nitrogens with zero attached hydrogens (tertiary/aromatic N) is 1. The third-order valence-corrected chi connectivity index (χ3v) is 1.95. The first-order chi connectivity index (χ1) is 6.65. The second kappa shape index (κ2) is 3.31. The monoisotopic (exact) mass is 210 g/mol. The molecule has 0 bridgehead atoms. The molecule has 1 N–H and O–H groups in total. The van der Waals surface area contributed by atoms with Gasteiger partial charge < -0.3 is 4.42 Å². The third-order valence-electron chi connectivity index (χ3n) is 1.73. The van der Waals surface area contributed by atoms with Crippen LogP contribution in [0.3, 0.4) is 0 Å². The van der Waals surface area contributed by atoms with E-state index in [1.807, 2.05) is 19.1 Å². The quantitative estimate of drug-likeness (QED) is 0.783. The van der Waals surface area contributed by atoms with Crippen molar-refractivity contribution in [2.75, 3.05) is 0 Å². The lowest BCUT2D eigenvalue weighted by atomic mass is 10.1. The molecule has 2 aromatic rings. The molecule has 0 atom stereocenters. The molecule has 72 valence electrons. The Balaban J connectivity index is 2.56. The van der Waals surface area contributed by atoms with Gasteiger partial charge >= 0.3 is 5.76 Å². The SMILES string of the molecule is Cc1cc(Cl)cc(-c2n[nH]c(=O)o2)c1. The van der Waals surface area contributed by atoms with Gasteiger partial charge in [0.15, 0.2) is 0 Å². The van der Waals surface area contributed by atoms with Crippen molar-refractivity contribution in [3.05, 3.63) is 39.3 Å². The summed E-state index contributed by atoms with van der Waals surface area (Å²) in [5, 5.41) is 6.48. The Morgan fingerprint density at radius 3 is 2.79 bits per heavy atom. The van der Waals surface area contributed by atoms with E-state index in [0.717, 1.165) is 5.56 Å². The second-order valence-corrected chi connectivity index (χ2v) is 3.37. The van der Waals surface area contributed by atoms with Crippen molar-refractivity contribution >= 4 is 11.6 Å². The van der Waals surface area contributed by atoms with E-state index < -0.39 is 5.76 Å². The number of hydrogen-bond donors (Lipinski definition) is 1. The number of aromatic amines is 1. The van der Waals surface area contributed by atoms with Crippen molar-refractivity contribution in [2.45, 2.75) is 6.92 Å². The van der Waals surface area contributed by atoms with Gasteiger partial charge in [-0.25, -0.2) is 9.89 Å². The van der Waals surface area contributed by atoms with Gasteiger partial charge in [-0.2, -0.15) is 0 Å². The molecular weight excluding hydrogens is 204 g/mol. The maximum Gasteiger partial charge on any atom is 0.434 e. The zero-order valence-corrected chi connectivity index (χ0v) is 8.13. The molecule has 0 amide bonds. The number of nitrogens with one attached hydrogen (secondary N) is 1. The summed E-state index contributed by atoms with van der Waals surface area (Å²) in [7, 11) is 0. The van der Waals surface area contributed by atoms with E-state index in [1.165, 1.54) is 0 Å². The van der Waals surface area contributed by atoms with Crippen LogP contribution in [-0.2, 0) is 0 Å². The first-order valence-corrected chi connectivity index (χ1v) is 4.36. The zero-order valence-electron chi connectivity index (χ0n) is 7.37. The number of benzene rings is 1. The summed E-state index contributed by atoms with van der Waals surface area (Å²) >= 11 is 5.85. The molecule has 1 aromatic heterocycles. The van der Waals surface area contributed by atoms with Crippen molar-refractivity contribution in [1.29, 1.82) is 0 Å². The highest BCUT2D eigenvalue weighted by molar-refractivity contribution is 6.30. The van der Waals surface area contributed by atoms with E-state index in [1.54, 1.807) is 6.07 Å². The van der Waals surface area contributed by atoms with E-state index in [-0.39, 0.29) is 5.89 Å². The summed E-state index contributed by atoms with van der Waals surface area (Å²) in [6.45, 7) is 1.90. The molecule has 0 aliphatic carbocycles. The van der Waals surface area contributed by atoms with Crippen LogP contribution in [0.5, 0.6) is 0 Å². The van der Waals surface area contributed by atoms with Gasteiger partial charge in [-0.3, -0.25) is 0 Å². The van der Waals surface area contributed by atoms with Crippen LogP contribution in [0.2, 0.25) is 5.02 Å². The molecule has 0 spiro atoms. The van der Waals surface area contributed by atoms with Gasteiger partial charge in [0.2, 0.25) is 5.89 Å². The molecule has 0 fully saturated rings. The molecule has 0 unspecified atom stereocenters. The molecule has 1 heterocycles. The molecule has 0 radical (unpaired) electrons. The van der Waals surface area contributed by atoms with Crippen LogP contribution >= 0.6 is 11.6 Å². The van der Waals surface area contributed by atoms with Gasteiger partial charge in [-0.15, -0.1) is 5.10 Å². The molecule has 0 aliphatic rings. The number of aromatic nitrogens is 2. The summed E-state index contributed by atoms with van der Waals surface area (Å²) in [4.78, 5) is 10.7. The van der Waals surface area contributed by atoms with Crippen LogP contribution in [0.15, 0.2) is 27.4 Å². The minimum atomic E-state index is -0.572. The Kier molecular flexibility index (Phi) is 2.13. The fourth-order valence-electron chi connectivity index (χ4n) is 1.21. The van der Waals surface area contributed by atoms with E-state index in [9.17, 15) is 4.79 Å². The molecule has 0 saturated carbocycles. The summed E-state index contributed by atoms with van der Waals surface area (Å²) in [6.07, 6.45) is 0. The van der Waals surface area contributed by atoms with Crippen LogP contribution in [-0.4, -0.2) is 10.2 Å². The zero-order chi connectivity index (χ0) is 10.1. The first-order valence-electron chi connectivity index (χ1n) is 3.98. The molecule has 4 nitrogen and oxygen atoms in total. The predicted molar refractivity (Wildman–Crippen MR) is 52.3 cm³/mol. The Morgan fingerprint density at radius 1 is 1.43 bits per heavy atom. The summed E-state index contributed by atoms with van der Waals surface area (Å²) in [5.74, 6) is -0.321. The van der Waals surface area contributed by atoms with Crippen LogP contribution < -0.4 is 5.76 Å². The Labute approximate surface area is 84.5 Å².